The second-order valence-electron chi connectivity index (χ2n) is 7.38. The van der Waals surface area contributed by atoms with E-state index >= 15 is 0 Å². The van der Waals surface area contributed by atoms with Crippen molar-refractivity contribution in [2.24, 2.45) is 22.7 Å². The van der Waals surface area contributed by atoms with Crippen LogP contribution < -0.4 is 10.6 Å². The van der Waals surface area contributed by atoms with Crippen molar-refractivity contribution in [3.8, 4) is 11.8 Å². The molecule has 1 aliphatic heterocycles. The standard InChI is InChI=1S/C19H23N5O7S/c1-5-10(2)14(18(25)26)15-16(24(27)28)17(23(21)19(22-15)32(4,29)30)31-13-7-6-12(9-20)11(3)8-13/h6-8,10,14,19H,5,21H2,1-4H3,(H,25,26). The van der Waals surface area contributed by atoms with Gasteiger partial charge in [-0.2, -0.15) is 5.26 Å². The van der Waals surface area contributed by atoms with Crippen LogP contribution in [0.1, 0.15) is 31.4 Å². The molecule has 0 spiro atoms. The van der Waals surface area contributed by atoms with Gasteiger partial charge in [0.15, 0.2) is 9.84 Å². The molecule has 3 atom stereocenters. The number of hydrazine groups is 1. The van der Waals surface area contributed by atoms with Gasteiger partial charge in [0.1, 0.15) is 17.4 Å². The number of carbonyl (C=O) groups is 1. The number of carboxylic acid groups (broad SMARTS) is 1. The normalized spacial score (nSPS) is 18.4. The van der Waals surface area contributed by atoms with Gasteiger partial charge in [-0.1, -0.05) is 20.3 Å². The van der Waals surface area contributed by atoms with E-state index in [0.29, 0.717) is 22.6 Å². The first-order chi connectivity index (χ1) is 14.8. The molecular formula is C19H23N5O7S. The molecule has 3 N–H and O–H groups in total. The molecule has 0 aromatic heterocycles. The number of nitro groups is 1. The molecule has 0 radical (unpaired) electrons. The van der Waals surface area contributed by atoms with Crippen molar-refractivity contribution in [1.29, 1.82) is 5.26 Å². The highest BCUT2D eigenvalue weighted by molar-refractivity contribution is 7.91. The molecule has 0 bridgehead atoms. The maximum Gasteiger partial charge on any atom is 0.352 e. The highest BCUT2D eigenvalue weighted by Crippen LogP contribution is 2.32. The Labute approximate surface area is 184 Å². The Morgan fingerprint density at radius 3 is 2.56 bits per heavy atom. The summed E-state index contributed by atoms with van der Waals surface area (Å²) in [6.45, 7) is 4.87. The van der Waals surface area contributed by atoms with Crippen molar-refractivity contribution in [1.82, 2.24) is 5.01 Å². The maximum absolute atomic E-state index is 12.3. The summed E-state index contributed by atoms with van der Waals surface area (Å²) >= 11 is 0. The summed E-state index contributed by atoms with van der Waals surface area (Å²) in [4.78, 5) is 27.0. The predicted molar refractivity (Wildman–Crippen MR) is 113 cm³/mol. The van der Waals surface area contributed by atoms with Crippen LogP contribution in [0.15, 0.2) is 34.8 Å². The first kappa shape index (κ1) is 24.8. The summed E-state index contributed by atoms with van der Waals surface area (Å²) in [5, 5.41) is 31.3. The van der Waals surface area contributed by atoms with Gasteiger partial charge in [0.2, 0.25) is 5.50 Å². The molecule has 2 rings (SSSR count). The van der Waals surface area contributed by atoms with Crippen molar-refractivity contribution >= 4 is 21.5 Å². The van der Waals surface area contributed by atoms with E-state index in [1.807, 2.05) is 6.07 Å². The van der Waals surface area contributed by atoms with Crippen LogP contribution in [0, 0.1) is 40.2 Å². The zero-order valence-corrected chi connectivity index (χ0v) is 18.7. The van der Waals surface area contributed by atoms with Gasteiger partial charge in [-0.25, -0.2) is 24.3 Å². The molecular weight excluding hydrogens is 442 g/mol. The molecule has 1 aromatic rings. The lowest BCUT2D eigenvalue weighted by Gasteiger charge is -2.32. The topological polar surface area (TPSA) is 189 Å². The monoisotopic (exact) mass is 465 g/mol. The molecule has 3 unspecified atom stereocenters. The first-order valence-electron chi connectivity index (χ1n) is 9.44. The van der Waals surface area contributed by atoms with E-state index < -0.39 is 55.4 Å². The zero-order chi connectivity index (χ0) is 24.4. The van der Waals surface area contributed by atoms with Crippen LogP contribution in [0.5, 0.6) is 5.75 Å². The SMILES string of the molecule is CCC(C)C(C(=O)O)C1=NC(S(C)(=O)=O)N(N)C(Oc2ccc(C#N)c(C)c2)=C1[N+](=O)[O-]. The molecule has 0 aliphatic carbocycles. The van der Waals surface area contributed by atoms with Crippen LogP contribution in [-0.4, -0.2) is 46.9 Å². The van der Waals surface area contributed by atoms with Crippen LogP contribution in [0.25, 0.3) is 0 Å². The Kier molecular flexibility index (Phi) is 7.22. The number of aryl methyl sites for hydroxylation is 1. The minimum atomic E-state index is -4.05. The molecule has 1 aromatic carbocycles. The van der Waals surface area contributed by atoms with E-state index in [2.05, 4.69) is 4.99 Å². The Bertz CT molecular complexity index is 1150. The lowest BCUT2D eigenvalue weighted by atomic mass is 9.86. The Morgan fingerprint density at radius 2 is 2.12 bits per heavy atom. The fourth-order valence-corrected chi connectivity index (χ4v) is 3.99. The van der Waals surface area contributed by atoms with Crippen molar-refractivity contribution in [2.45, 2.75) is 32.7 Å². The second-order valence-corrected chi connectivity index (χ2v) is 9.46. The summed E-state index contributed by atoms with van der Waals surface area (Å²) in [6, 6.07) is 6.16. The van der Waals surface area contributed by atoms with E-state index in [-0.39, 0.29) is 5.75 Å². The predicted octanol–water partition coefficient (Wildman–Crippen LogP) is 1.40. The molecule has 0 saturated carbocycles. The third-order valence-electron chi connectivity index (χ3n) is 5.04. The van der Waals surface area contributed by atoms with E-state index in [1.54, 1.807) is 20.8 Å². The number of allylic oxidation sites excluding steroid dienone is 1. The minimum absolute atomic E-state index is 0.0372. The van der Waals surface area contributed by atoms with Gasteiger partial charge in [0.05, 0.1) is 16.6 Å². The van der Waals surface area contributed by atoms with Crippen LogP contribution in [0.2, 0.25) is 0 Å². The quantitative estimate of drug-likeness (QED) is 0.322. The Morgan fingerprint density at radius 1 is 1.50 bits per heavy atom. The van der Waals surface area contributed by atoms with Crippen molar-refractivity contribution in [2.75, 3.05) is 6.26 Å². The van der Waals surface area contributed by atoms with E-state index in [9.17, 15) is 28.4 Å². The number of benzene rings is 1. The van der Waals surface area contributed by atoms with E-state index in [4.69, 9.17) is 15.8 Å². The average molecular weight is 465 g/mol. The summed E-state index contributed by atoms with van der Waals surface area (Å²) in [5.74, 6) is 1.77. The smallest absolute Gasteiger partial charge is 0.352 e. The summed E-state index contributed by atoms with van der Waals surface area (Å²) in [5.41, 5.74) is -2.38. The third kappa shape index (κ3) is 4.87. The van der Waals surface area contributed by atoms with Crippen molar-refractivity contribution < 1.29 is 28.0 Å². The van der Waals surface area contributed by atoms with Gasteiger partial charge in [-0.3, -0.25) is 14.9 Å². The lowest BCUT2D eigenvalue weighted by molar-refractivity contribution is -0.420. The Balaban J connectivity index is 2.79. The van der Waals surface area contributed by atoms with Gasteiger partial charge < -0.3 is 9.84 Å². The largest absolute Gasteiger partial charge is 0.481 e. The molecule has 0 saturated heterocycles. The van der Waals surface area contributed by atoms with Gasteiger partial charge in [-0.15, -0.1) is 0 Å². The van der Waals surface area contributed by atoms with Gasteiger partial charge in [0, 0.05) is 6.26 Å². The van der Waals surface area contributed by atoms with Crippen LogP contribution in [0.4, 0.5) is 0 Å². The first-order valence-corrected chi connectivity index (χ1v) is 11.4. The number of hydrogen-bond donors (Lipinski definition) is 2. The fourth-order valence-electron chi connectivity index (χ4n) is 3.18. The van der Waals surface area contributed by atoms with Crippen molar-refractivity contribution in [3.63, 3.8) is 0 Å². The number of aliphatic imine (C=N–C) groups is 1. The second kappa shape index (κ2) is 9.33. The number of nitrogens with zero attached hydrogens (tertiary/aromatic N) is 4. The fraction of sp³-hybridized carbons (Fsp3) is 0.421. The molecule has 172 valence electrons. The van der Waals surface area contributed by atoms with Gasteiger partial charge in [0.25, 0.3) is 5.88 Å². The molecule has 32 heavy (non-hydrogen) atoms. The van der Waals surface area contributed by atoms with Crippen molar-refractivity contribution in [3.05, 3.63) is 51.0 Å². The molecule has 12 nitrogen and oxygen atoms in total. The average Bonchev–Trinajstić information content (AvgIpc) is 2.68. The molecule has 1 heterocycles. The summed E-state index contributed by atoms with van der Waals surface area (Å²) < 4.78 is 30.3. The molecule has 0 fully saturated rings. The van der Waals surface area contributed by atoms with Gasteiger partial charge >= 0.3 is 11.7 Å². The summed E-state index contributed by atoms with van der Waals surface area (Å²) in [7, 11) is -4.05. The van der Waals surface area contributed by atoms with Gasteiger partial charge in [-0.05, 0) is 36.6 Å². The minimum Gasteiger partial charge on any atom is -0.481 e. The van der Waals surface area contributed by atoms with E-state index in [0.717, 1.165) is 6.26 Å². The number of aliphatic carboxylic acids is 1. The zero-order valence-electron chi connectivity index (χ0n) is 17.8. The lowest BCUT2D eigenvalue weighted by Crippen LogP contribution is -2.51. The third-order valence-corrected chi connectivity index (χ3v) is 6.14. The van der Waals surface area contributed by atoms with Crippen LogP contribution in [0.3, 0.4) is 0 Å². The molecule has 1 aliphatic rings. The van der Waals surface area contributed by atoms with Crippen LogP contribution in [-0.2, 0) is 14.6 Å². The van der Waals surface area contributed by atoms with E-state index in [1.165, 1.54) is 18.2 Å². The Hall–Kier alpha value is -3.50. The number of nitrogens with two attached hydrogens (primary N) is 1. The number of nitriles is 1. The number of hydrogen-bond acceptors (Lipinski definition) is 10. The maximum atomic E-state index is 12.3. The highest BCUT2D eigenvalue weighted by Gasteiger charge is 2.47. The van der Waals surface area contributed by atoms with Crippen LogP contribution >= 0.6 is 0 Å². The summed E-state index contributed by atoms with van der Waals surface area (Å²) in [6.07, 6.45) is 1.15. The number of rotatable bonds is 8. The molecule has 0 amide bonds. The molecule has 13 heteroatoms. The number of sulfone groups is 1. The number of carboxylic acids is 1. The number of ether oxygens (including phenoxy) is 1. The highest BCUT2D eigenvalue weighted by atomic mass is 32.2.